The molecule has 1 amide bonds. The average Bonchev–Trinajstić information content (AvgIpc) is 3.09. The van der Waals surface area contributed by atoms with E-state index < -0.39 is 28.0 Å². The lowest BCUT2D eigenvalue weighted by atomic mass is 10.1. The molecule has 1 aliphatic rings. The minimum Gasteiger partial charge on any atom is -0.448 e. The molecule has 1 aromatic heterocycles. The lowest BCUT2D eigenvalue weighted by molar-refractivity contribution is -0.123. The maximum Gasteiger partial charge on any atom is 0.355 e. The summed E-state index contributed by atoms with van der Waals surface area (Å²) in [5.74, 6) is -1.66. The van der Waals surface area contributed by atoms with E-state index in [1.54, 1.807) is 13.8 Å². The molecule has 2 aromatic rings. The van der Waals surface area contributed by atoms with Crippen LogP contribution in [0, 0.1) is 13.8 Å². The van der Waals surface area contributed by atoms with Crippen molar-refractivity contribution in [2.24, 2.45) is 0 Å². The Kier molecular flexibility index (Phi) is 7.84. The molecule has 0 saturated carbocycles. The number of aromatic nitrogens is 1. The number of amides is 1. The molecule has 1 aromatic carbocycles. The van der Waals surface area contributed by atoms with E-state index in [1.807, 2.05) is 0 Å². The molecule has 3 rings (SSSR count). The molecule has 1 aliphatic heterocycles. The van der Waals surface area contributed by atoms with Crippen LogP contribution in [0.15, 0.2) is 23.1 Å². The number of H-pyrrole nitrogens is 1. The molecular formula is C23H28ClN3O6S. The monoisotopic (exact) mass is 509 g/mol. The maximum absolute atomic E-state index is 13.0. The molecule has 2 heterocycles. The van der Waals surface area contributed by atoms with E-state index >= 15 is 0 Å². The van der Waals surface area contributed by atoms with Crippen LogP contribution in [-0.2, 0) is 19.6 Å². The number of benzene rings is 1. The fourth-order valence-electron chi connectivity index (χ4n) is 4.00. The van der Waals surface area contributed by atoms with Crippen molar-refractivity contribution in [3.8, 4) is 0 Å². The third-order valence-corrected chi connectivity index (χ3v) is 8.02. The number of rotatable bonds is 7. The number of aryl methyl sites for hydroxylation is 1. The molecular weight excluding hydrogens is 482 g/mol. The minimum atomic E-state index is -3.72. The summed E-state index contributed by atoms with van der Waals surface area (Å²) in [6.07, 6.45) is 1.37. The molecule has 0 unspecified atom stereocenters. The highest BCUT2D eigenvalue weighted by Gasteiger charge is 2.28. The number of ketones is 1. The summed E-state index contributed by atoms with van der Waals surface area (Å²) in [5, 5.41) is 2.68. The van der Waals surface area contributed by atoms with Gasteiger partial charge in [-0.1, -0.05) is 18.0 Å². The molecule has 34 heavy (non-hydrogen) atoms. The second-order valence-corrected chi connectivity index (χ2v) is 10.7. The Bertz CT molecular complexity index is 1230. The van der Waals surface area contributed by atoms with E-state index in [0.717, 1.165) is 19.3 Å². The summed E-state index contributed by atoms with van der Waals surface area (Å²) in [5.41, 5.74) is 1.57. The number of anilines is 1. The first-order valence-corrected chi connectivity index (χ1v) is 12.8. The molecule has 1 saturated heterocycles. The van der Waals surface area contributed by atoms with Gasteiger partial charge in [0.2, 0.25) is 10.0 Å². The van der Waals surface area contributed by atoms with Crippen LogP contribution < -0.4 is 5.32 Å². The standard InChI is InChI=1S/C23H28ClN3O6S/c1-13-20(15(3)28)14(2)25-21(13)23(30)33-16(4)22(29)26-19-12-17(8-9-18(19)24)34(31,32)27-10-6-5-7-11-27/h8-9,12,16,25H,5-7,10-11H2,1-4H3,(H,26,29)/t16-/m0/s1. The molecule has 9 nitrogen and oxygen atoms in total. The smallest absolute Gasteiger partial charge is 0.355 e. The number of aromatic amines is 1. The van der Waals surface area contributed by atoms with Crippen molar-refractivity contribution in [2.45, 2.75) is 58.0 Å². The quantitative estimate of drug-likeness (QED) is 0.431. The Balaban J connectivity index is 1.74. The first-order chi connectivity index (χ1) is 15.9. The number of carbonyl (C=O) groups excluding carboxylic acids is 3. The number of nitrogens with zero attached hydrogens (tertiary/aromatic N) is 1. The van der Waals surface area contributed by atoms with Crippen molar-refractivity contribution in [2.75, 3.05) is 18.4 Å². The number of hydrogen-bond acceptors (Lipinski definition) is 6. The largest absolute Gasteiger partial charge is 0.448 e. The molecule has 11 heteroatoms. The van der Waals surface area contributed by atoms with Crippen molar-refractivity contribution in [1.82, 2.24) is 9.29 Å². The van der Waals surface area contributed by atoms with Gasteiger partial charge in [0.25, 0.3) is 5.91 Å². The highest BCUT2D eigenvalue weighted by atomic mass is 35.5. The Labute approximate surface area is 203 Å². The lowest BCUT2D eigenvalue weighted by Crippen LogP contribution is -2.35. The zero-order chi connectivity index (χ0) is 25.2. The number of halogens is 1. The molecule has 1 atom stereocenters. The first-order valence-electron chi connectivity index (χ1n) is 10.9. The van der Waals surface area contributed by atoms with Gasteiger partial charge in [-0.2, -0.15) is 4.31 Å². The van der Waals surface area contributed by atoms with Crippen LogP contribution in [0.25, 0.3) is 0 Å². The van der Waals surface area contributed by atoms with Crippen LogP contribution in [-0.4, -0.2) is 54.6 Å². The number of ether oxygens (including phenoxy) is 1. The Morgan fingerprint density at radius 1 is 1.15 bits per heavy atom. The topological polar surface area (TPSA) is 126 Å². The predicted octanol–water partition coefficient (Wildman–Crippen LogP) is 3.85. The summed E-state index contributed by atoms with van der Waals surface area (Å²) in [6, 6.07) is 4.10. The fourth-order valence-corrected chi connectivity index (χ4v) is 5.71. The van der Waals surface area contributed by atoms with Gasteiger partial charge in [0.15, 0.2) is 11.9 Å². The van der Waals surface area contributed by atoms with Gasteiger partial charge < -0.3 is 15.0 Å². The van der Waals surface area contributed by atoms with Gasteiger partial charge in [0.1, 0.15) is 5.69 Å². The zero-order valence-electron chi connectivity index (χ0n) is 19.5. The van der Waals surface area contributed by atoms with Crippen LogP contribution in [0.2, 0.25) is 5.02 Å². The van der Waals surface area contributed by atoms with E-state index in [0.29, 0.717) is 29.9 Å². The second kappa shape index (κ2) is 10.3. The normalized spacial score (nSPS) is 15.6. The summed E-state index contributed by atoms with van der Waals surface area (Å²) in [6.45, 7) is 6.97. The Morgan fingerprint density at radius 2 is 1.79 bits per heavy atom. The van der Waals surface area contributed by atoms with Crippen LogP contribution in [0.1, 0.15) is 65.2 Å². The highest BCUT2D eigenvalue weighted by Crippen LogP contribution is 2.28. The van der Waals surface area contributed by atoms with E-state index in [-0.39, 0.29) is 27.1 Å². The number of hydrogen-bond donors (Lipinski definition) is 2. The van der Waals surface area contributed by atoms with Crippen molar-refractivity contribution in [3.63, 3.8) is 0 Å². The molecule has 0 spiro atoms. The third-order valence-electron chi connectivity index (χ3n) is 5.80. The number of esters is 1. The first kappa shape index (κ1) is 25.9. The zero-order valence-corrected chi connectivity index (χ0v) is 21.1. The van der Waals surface area contributed by atoms with Gasteiger partial charge in [0, 0.05) is 24.3 Å². The molecule has 0 bridgehead atoms. The van der Waals surface area contributed by atoms with Crippen LogP contribution in [0.5, 0.6) is 0 Å². The van der Waals surface area contributed by atoms with E-state index in [4.69, 9.17) is 16.3 Å². The minimum absolute atomic E-state index is 0.0213. The van der Waals surface area contributed by atoms with Gasteiger partial charge in [0.05, 0.1) is 15.6 Å². The Morgan fingerprint density at radius 3 is 2.38 bits per heavy atom. The number of carbonyl (C=O) groups is 3. The summed E-state index contributed by atoms with van der Waals surface area (Å²) in [7, 11) is -3.72. The number of nitrogens with one attached hydrogen (secondary N) is 2. The van der Waals surface area contributed by atoms with Gasteiger partial charge in [-0.3, -0.25) is 9.59 Å². The maximum atomic E-state index is 13.0. The van der Waals surface area contributed by atoms with Crippen LogP contribution >= 0.6 is 11.6 Å². The second-order valence-electron chi connectivity index (χ2n) is 8.32. The predicted molar refractivity (Wildman–Crippen MR) is 128 cm³/mol. The average molecular weight is 510 g/mol. The molecule has 2 N–H and O–H groups in total. The van der Waals surface area contributed by atoms with Gasteiger partial charge in [-0.25, -0.2) is 13.2 Å². The number of piperidine rings is 1. The van der Waals surface area contributed by atoms with Crippen molar-refractivity contribution >= 4 is 45.0 Å². The van der Waals surface area contributed by atoms with Crippen molar-refractivity contribution < 1.29 is 27.5 Å². The number of sulfonamides is 1. The molecule has 1 fully saturated rings. The third kappa shape index (κ3) is 5.34. The van der Waals surface area contributed by atoms with Crippen molar-refractivity contribution in [1.29, 1.82) is 0 Å². The fraction of sp³-hybridized carbons (Fsp3) is 0.435. The summed E-state index contributed by atoms with van der Waals surface area (Å²) >= 11 is 6.19. The molecule has 184 valence electrons. The number of Topliss-reactive ketones (excluding diaryl/α,β-unsaturated/α-hetero) is 1. The van der Waals surface area contributed by atoms with Gasteiger partial charge >= 0.3 is 5.97 Å². The highest BCUT2D eigenvalue weighted by molar-refractivity contribution is 7.89. The van der Waals surface area contributed by atoms with E-state index in [9.17, 15) is 22.8 Å². The Hall–Kier alpha value is -2.69. The van der Waals surface area contributed by atoms with E-state index in [1.165, 1.54) is 36.4 Å². The molecule has 0 aliphatic carbocycles. The molecule has 0 radical (unpaired) electrons. The van der Waals surface area contributed by atoms with Gasteiger partial charge in [-0.05, 0) is 64.3 Å². The van der Waals surface area contributed by atoms with E-state index in [2.05, 4.69) is 10.3 Å². The lowest BCUT2D eigenvalue weighted by Gasteiger charge is -2.26. The van der Waals surface area contributed by atoms with Gasteiger partial charge in [-0.15, -0.1) is 0 Å². The summed E-state index contributed by atoms with van der Waals surface area (Å²) in [4.78, 5) is 39.9. The van der Waals surface area contributed by atoms with Crippen molar-refractivity contribution in [3.05, 3.63) is 45.7 Å². The van der Waals surface area contributed by atoms with Crippen LogP contribution in [0.3, 0.4) is 0 Å². The SMILES string of the molecule is CC(=O)c1c(C)[nH]c(C(=O)O[C@@H](C)C(=O)Nc2cc(S(=O)(=O)N3CCCCC3)ccc2Cl)c1C. The van der Waals surface area contributed by atoms with Crippen LogP contribution in [0.4, 0.5) is 5.69 Å². The summed E-state index contributed by atoms with van der Waals surface area (Å²) < 4.78 is 32.6.